The van der Waals surface area contributed by atoms with Gasteiger partial charge in [-0.05, 0) is 51.2 Å². The van der Waals surface area contributed by atoms with Crippen LogP contribution >= 0.6 is 0 Å². The highest BCUT2D eigenvalue weighted by molar-refractivity contribution is 5.95. The van der Waals surface area contributed by atoms with Crippen molar-refractivity contribution < 1.29 is 4.79 Å². The van der Waals surface area contributed by atoms with Crippen LogP contribution in [0.15, 0.2) is 36.4 Å². The molecule has 3 aliphatic heterocycles. The van der Waals surface area contributed by atoms with Gasteiger partial charge in [-0.1, -0.05) is 30.3 Å². The first-order valence-electron chi connectivity index (χ1n) is 10.3. The van der Waals surface area contributed by atoms with Gasteiger partial charge >= 0.3 is 0 Å². The van der Waals surface area contributed by atoms with Crippen molar-refractivity contribution in [2.75, 3.05) is 19.6 Å². The maximum atomic E-state index is 13.3. The number of piperidine rings is 1. The molecule has 1 amide bonds. The maximum absolute atomic E-state index is 13.3. The van der Waals surface area contributed by atoms with Crippen LogP contribution in [0.5, 0.6) is 0 Å². The summed E-state index contributed by atoms with van der Waals surface area (Å²) < 4.78 is 2.24. The fraction of sp³-hybridized carbons (Fsp3) is 0.522. The molecule has 0 unspecified atom stereocenters. The fourth-order valence-electron chi connectivity index (χ4n) is 5.03. The molecular weight excluding hydrogens is 334 g/mol. The smallest absolute Gasteiger partial charge is 0.255 e. The number of amides is 1. The predicted octanol–water partition coefficient (Wildman–Crippen LogP) is 3.86. The van der Waals surface area contributed by atoms with E-state index in [0.717, 1.165) is 44.0 Å². The van der Waals surface area contributed by atoms with E-state index < -0.39 is 0 Å². The molecule has 2 bridgehead atoms. The average molecular weight is 366 g/mol. The lowest BCUT2D eigenvalue weighted by Gasteiger charge is -2.36. The zero-order valence-electron chi connectivity index (χ0n) is 16.8. The van der Waals surface area contributed by atoms with E-state index in [1.807, 2.05) is 0 Å². The van der Waals surface area contributed by atoms with Crippen LogP contribution in [0.3, 0.4) is 0 Å². The van der Waals surface area contributed by atoms with E-state index >= 15 is 0 Å². The van der Waals surface area contributed by atoms with Crippen molar-refractivity contribution in [2.24, 2.45) is 5.92 Å². The van der Waals surface area contributed by atoms with Crippen LogP contribution in [0, 0.1) is 19.8 Å². The van der Waals surface area contributed by atoms with E-state index in [9.17, 15) is 4.79 Å². The predicted molar refractivity (Wildman–Crippen MR) is 109 cm³/mol. The Balaban J connectivity index is 1.52. The Kier molecular flexibility index (Phi) is 5.09. The highest BCUT2D eigenvalue weighted by Gasteiger charge is 2.37. The molecule has 4 nitrogen and oxygen atoms in total. The van der Waals surface area contributed by atoms with Crippen molar-refractivity contribution in [1.82, 2.24) is 14.4 Å². The van der Waals surface area contributed by atoms with Gasteiger partial charge in [0.25, 0.3) is 5.91 Å². The Hall–Kier alpha value is -2.07. The minimum absolute atomic E-state index is 0.223. The van der Waals surface area contributed by atoms with Crippen LogP contribution in [0.2, 0.25) is 0 Å². The first kappa shape index (κ1) is 18.3. The van der Waals surface area contributed by atoms with Crippen molar-refractivity contribution >= 4 is 5.91 Å². The van der Waals surface area contributed by atoms with Gasteiger partial charge in [0.15, 0.2) is 0 Å². The summed E-state index contributed by atoms with van der Waals surface area (Å²) in [6, 6.07) is 13.3. The molecule has 5 rings (SSSR count). The molecule has 3 fully saturated rings. The minimum atomic E-state index is 0.223. The summed E-state index contributed by atoms with van der Waals surface area (Å²) in [4.78, 5) is 18.1. The van der Waals surface area contributed by atoms with Gasteiger partial charge in [-0.3, -0.25) is 9.69 Å². The molecule has 2 aromatic rings. The Morgan fingerprint density at radius 3 is 2.56 bits per heavy atom. The van der Waals surface area contributed by atoms with E-state index in [2.05, 4.69) is 71.5 Å². The molecule has 0 saturated carbocycles. The largest absolute Gasteiger partial charge is 0.349 e. The van der Waals surface area contributed by atoms with Crippen molar-refractivity contribution in [3.05, 3.63) is 58.9 Å². The van der Waals surface area contributed by atoms with Gasteiger partial charge in [0.1, 0.15) is 0 Å². The Bertz CT molecular complexity index is 811. The zero-order chi connectivity index (χ0) is 19.0. The molecular formula is C23H31N3O. The number of nitrogens with zero attached hydrogens (tertiary/aromatic N) is 3. The van der Waals surface area contributed by atoms with Crippen LogP contribution in [0.25, 0.3) is 0 Å². The SMILES string of the molecule is CCn1c(C)cc(C(=O)N2C[C@H]3CC[C@@H](C2)N(Cc2ccccc2)C3)c1C. The molecule has 1 aromatic carbocycles. The summed E-state index contributed by atoms with van der Waals surface area (Å²) in [5, 5.41) is 0. The summed E-state index contributed by atoms with van der Waals surface area (Å²) in [5.74, 6) is 0.812. The first-order valence-corrected chi connectivity index (χ1v) is 10.3. The van der Waals surface area contributed by atoms with E-state index in [0.29, 0.717) is 12.0 Å². The van der Waals surface area contributed by atoms with Gasteiger partial charge in [-0.2, -0.15) is 0 Å². The summed E-state index contributed by atoms with van der Waals surface area (Å²) >= 11 is 0. The van der Waals surface area contributed by atoms with Gasteiger partial charge in [0, 0.05) is 50.2 Å². The monoisotopic (exact) mass is 365 g/mol. The second-order valence-corrected chi connectivity index (χ2v) is 8.25. The summed E-state index contributed by atoms with van der Waals surface area (Å²) in [6.07, 6.45) is 2.45. The topological polar surface area (TPSA) is 28.5 Å². The van der Waals surface area contributed by atoms with Crippen LogP contribution in [-0.2, 0) is 13.1 Å². The molecule has 27 heavy (non-hydrogen) atoms. The van der Waals surface area contributed by atoms with Crippen molar-refractivity contribution in [2.45, 2.75) is 52.7 Å². The van der Waals surface area contributed by atoms with Gasteiger partial charge in [-0.25, -0.2) is 0 Å². The maximum Gasteiger partial charge on any atom is 0.255 e. The number of benzene rings is 1. The van der Waals surface area contributed by atoms with Crippen LogP contribution in [0.4, 0.5) is 0 Å². The third-order valence-electron chi connectivity index (χ3n) is 6.46. The number of carbonyl (C=O) groups excluding carboxylic acids is 1. The number of carbonyl (C=O) groups is 1. The van der Waals surface area contributed by atoms with Crippen LogP contribution in [0.1, 0.15) is 47.1 Å². The molecule has 1 aromatic heterocycles. The van der Waals surface area contributed by atoms with Gasteiger partial charge in [-0.15, -0.1) is 0 Å². The molecule has 4 heteroatoms. The van der Waals surface area contributed by atoms with Gasteiger partial charge in [0.2, 0.25) is 0 Å². The highest BCUT2D eigenvalue weighted by atomic mass is 16.2. The molecule has 0 radical (unpaired) electrons. The van der Waals surface area contributed by atoms with Crippen LogP contribution in [-0.4, -0.2) is 46.0 Å². The second kappa shape index (κ2) is 7.51. The zero-order valence-corrected chi connectivity index (χ0v) is 16.8. The van der Waals surface area contributed by atoms with Gasteiger partial charge in [0.05, 0.1) is 5.56 Å². The van der Waals surface area contributed by atoms with E-state index in [4.69, 9.17) is 0 Å². The van der Waals surface area contributed by atoms with E-state index in [1.165, 1.54) is 24.1 Å². The fourth-order valence-corrected chi connectivity index (χ4v) is 5.03. The molecule has 3 aliphatic rings. The van der Waals surface area contributed by atoms with Crippen molar-refractivity contribution in [3.8, 4) is 0 Å². The number of hydrogen-bond acceptors (Lipinski definition) is 2. The Morgan fingerprint density at radius 1 is 1.07 bits per heavy atom. The highest BCUT2D eigenvalue weighted by Crippen LogP contribution is 2.30. The molecule has 3 saturated heterocycles. The number of hydrogen-bond donors (Lipinski definition) is 0. The normalized spacial score (nSPS) is 22.9. The summed E-state index contributed by atoms with van der Waals surface area (Å²) in [5.41, 5.74) is 4.55. The molecule has 2 atom stereocenters. The molecule has 144 valence electrons. The summed E-state index contributed by atoms with van der Waals surface area (Å²) in [7, 11) is 0. The Morgan fingerprint density at radius 2 is 1.85 bits per heavy atom. The standard InChI is InChI=1S/C23H31N3O/c1-4-26-17(2)12-22(18(26)3)23(27)25-15-20-10-11-21(16-25)24(14-20)13-19-8-6-5-7-9-19/h5-9,12,20-21H,4,10-11,13-16H2,1-3H3/t20-,21-/m0/s1. The van der Waals surface area contributed by atoms with E-state index in [-0.39, 0.29) is 5.91 Å². The number of aryl methyl sites for hydroxylation is 1. The van der Waals surface area contributed by atoms with Crippen molar-refractivity contribution in [3.63, 3.8) is 0 Å². The first-order chi connectivity index (χ1) is 13.1. The third-order valence-corrected chi connectivity index (χ3v) is 6.46. The number of aromatic nitrogens is 1. The summed E-state index contributed by atoms with van der Waals surface area (Å²) in [6.45, 7) is 11.1. The Labute approximate surface area is 162 Å². The second-order valence-electron chi connectivity index (χ2n) is 8.25. The lowest BCUT2D eigenvalue weighted by molar-refractivity contribution is 0.0735. The number of fused-ring (bicyclic) bond motifs is 4. The molecule has 0 N–H and O–H groups in total. The average Bonchev–Trinajstić information content (AvgIpc) is 2.83. The quantitative estimate of drug-likeness (QED) is 0.823. The molecule has 0 aliphatic carbocycles. The lowest BCUT2D eigenvalue weighted by atomic mass is 9.94. The lowest BCUT2D eigenvalue weighted by Crippen LogP contribution is -2.43. The minimum Gasteiger partial charge on any atom is -0.349 e. The molecule has 4 heterocycles. The van der Waals surface area contributed by atoms with Gasteiger partial charge < -0.3 is 9.47 Å². The third kappa shape index (κ3) is 3.55. The van der Waals surface area contributed by atoms with Crippen molar-refractivity contribution in [1.29, 1.82) is 0 Å². The molecule has 0 spiro atoms. The van der Waals surface area contributed by atoms with Crippen LogP contribution < -0.4 is 0 Å². The van der Waals surface area contributed by atoms with E-state index in [1.54, 1.807) is 0 Å². The number of rotatable bonds is 4.